The Hall–Kier alpha value is -1.81. The molecule has 0 unspecified atom stereocenters. The molecule has 1 aromatic rings. The first-order valence-electron chi connectivity index (χ1n) is 6.13. The fourth-order valence-corrected chi connectivity index (χ4v) is 1.87. The summed E-state index contributed by atoms with van der Waals surface area (Å²) in [6, 6.07) is 9.68. The zero-order valence-corrected chi connectivity index (χ0v) is 10.3. The van der Waals surface area contributed by atoms with Gasteiger partial charge in [0.2, 0.25) is 0 Å². The molecule has 0 aliphatic carbocycles. The third-order valence-electron chi connectivity index (χ3n) is 3.03. The molecule has 0 saturated carbocycles. The van der Waals surface area contributed by atoms with E-state index in [-0.39, 0.29) is 6.09 Å². The SMILES string of the molecule is NCC1=CCN(C(=O)OCc2ccccc2)CC1. The standard InChI is InChI=1S/C14H18N2O2/c15-10-12-6-8-16(9-7-12)14(17)18-11-13-4-2-1-3-5-13/h1-6H,7-11,15H2. The lowest BCUT2D eigenvalue weighted by Crippen LogP contribution is -2.36. The molecule has 0 spiro atoms. The minimum atomic E-state index is -0.258. The molecule has 1 heterocycles. The van der Waals surface area contributed by atoms with E-state index in [9.17, 15) is 4.79 Å². The average molecular weight is 246 g/mol. The minimum absolute atomic E-state index is 0.258. The summed E-state index contributed by atoms with van der Waals surface area (Å²) in [5, 5.41) is 0. The van der Waals surface area contributed by atoms with Crippen LogP contribution in [0.4, 0.5) is 4.79 Å². The molecule has 2 N–H and O–H groups in total. The second-order valence-corrected chi connectivity index (χ2v) is 4.30. The Morgan fingerprint density at radius 3 is 2.72 bits per heavy atom. The summed E-state index contributed by atoms with van der Waals surface area (Å²) in [4.78, 5) is 13.5. The molecule has 0 saturated heterocycles. The van der Waals surface area contributed by atoms with Crippen LogP contribution in [-0.4, -0.2) is 30.6 Å². The molecule has 4 nitrogen and oxygen atoms in total. The molecule has 4 heteroatoms. The Morgan fingerprint density at radius 2 is 2.11 bits per heavy atom. The Balaban J connectivity index is 1.81. The number of hydrogen-bond acceptors (Lipinski definition) is 3. The molecule has 0 atom stereocenters. The van der Waals surface area contributed by atoms with Gasteiger partial charge in [0.15, 0.2) is 0 Å². The summed E-state index contributed by atoms with van der Waals surface area (Å²) in [7, 11) is 0. The van der Waals surface area contributed by atoms with Crippen molar-refractivity contribution in [1.29, 1.82) is 0 Å². The highest BCUT2D eigenvalue weighted by Crippen LogP contribution is 2.11. The monoisotopic (exact) mass is 246 g/mol. The van der Waals surface area contributed by atoms with Gasteiger partial charge in [-0.1, -0.05) is 42.0 Å². The Labute approximate surface area is 107 Å². The van der Waals surface area contributed by atoms with E-state index in [2.05, 4.69) is 0 Å². The lowest BCUT2D eigenvalue weighted by atomic mass is 10.1. The van der Waals surface area contributed by atoms with Crippen molar-refractivity contribution in [1.82, 2.24) is 4.90 Å². The molecule has 1 aliphatic rings. The molecule has 18 heavy (non-hydrogen) atoms. The fraction of sp³-hybridized carbons (Fsp3) is 0.357. The van der Waals surface area contributed by atoms with Crippen molar-refractivity contribution in [3.63, 3.8) is 0 Å². The second kappa shape index (κ2) is 6.21. The van der Waals surface area contributed by atoms with Crippen LogP contribution in [0.3, 0.4) is 0 Å². The smallest absolute Gasteiger partial charge is 0.410 e. The van der Waals surface area contributed by atoms with Crippen molar-refractivity contribution >= 4 is 6.09 Å². The summed E-state index contributed by atoms with van der Waals surface area (Å²) < 4.78 is 5.26. The van der Waals surface area contributed by atoms with Gasteiger partial charge in [-0.3, -0.25) is 0 Å². The summed E-state index contributed by atoms with van der Waals surface area (Å²) >= 11 is 0. The highest BCUT2D eigenvalue weighted by atomic mass is 16.6. The van der Waals surface area contributed by atoms with Gasteiger partial charge in [0.05, 0.1) is 0 Å². The largest absolute Gasteiger partial charge is 0.445 e. The first-order valence-corrected chi connectivity index (χ1v) is 6.13. The van der Waals surface area contributed by atoms with Crippen molar-refractivity contribution in [2.45, 2.75) is 13.0 Å². The highest BCUT2D eigenvalue weighted by Gasteiger charge is 2.17. The number of benzene rings is 1. The zero-order chi connectivity index (χ0) is 12.8. The van der Waals surface area contributed by atoms with Crippen molar-refractivity contribution in [2.24, 2.45) is 5.73 Å². The van der Waals surface area contributed by atoms with E-state index in [4.69, 9.17) is 10.5 Å². The number of amides is 1. The van der Waals surface area contributed by atoms with E-state index >= 15 is 0 Å². The van der Waals surface area contributed by atoms with Crippen LogP contribution in [0.15, 0.2) is 42.0 Å². The average Bonchev–Trinajstić information content (AvgIpc) is 2.46. The fourth-order valence-electron chi connectivity index (χ4n) is 1.87. The number of rotatable bonds is 3. The van der Waals surface area contributed by atoms with Gasteiger partial charge in [0, 0.05) is 19.6 Å². The maximum Gasteiger partial charge on any atom is 0.410 e. The lowest BCUT2D eigenvalue weighted by Gasteiger charge is -2.25. The first-order chi connectivity index (χ1) is 8.79. The molecule has 96 valence electrons. The van der Waals surface area contributed by atoms with Crippen LogP contribution in [-0.2, 0) is 11.3 Å². The van der Waals surface area contributed by atoms with Gasteiger partial charge in [-0.05, 0) is 12.0 Å². The van der Waals surface area contributed by atoms with Crippen molar-refractivity contribution < 1.29 is 9.53 Å². The van der Waals surface area contributed by atoms with Crippen molar-refractivity contribution in [3.05, 3.63) is 47.5 Å². The number of carbonyl (C=O) groups is 1. The van der Waals surface area contributed by atoms with Gasteiger partial charge < -0.3 is 15.4 Å². The molecule has 0 aromatic heterocycles. The molecule has 0 fully saturated rings. The minimum Gasteiger partial charge on any atom is -0.445 e. The molecule has 0 radical (unpaired) electrons. The zero-order valence-electron chi connectivity index (χ0n) is 10.3. The van der Waals surface area contributed by atoms with Crippen molar-refractivity contribution in [2.75, 3.05) is 19.6 Å². The van der Waals surface area contributed by atoms with E-state index in [1.807, 2.05) is 36.4 Å². The normalized spacial score (nSPS) is 15.2. The van der Waals surface area contributed by atoms with Crippen LogP contribution in [0.25, 0.3) is 0 Å². The molecular weight excluding hydrogens is 228 g/mol. The van der Waals surface area contributed by atoms with E-state index in [0.29, 0.717) is 26.2 Å². The Bertz CT molecular complexity index is 429. The van der Waals surface area contributed by atoms with Crippen LogP contribution in [0.5, 0.6) is 0 Å². The summed E-state index contributed by atoms with van der Waals surface area (Å²) in [5.41, 5.74) is 7.77. The van der Waals surface area contributed by atoms with Crippen LogP contribution >= 0.6 is 0 Å². The van der Waals surface area contributed by atoms with E-state index in [0.717, 1.165) is 12.0 Å². The number of nitrogens with zero attached hydrogens (tertiary/aromatic N) is 1. The predicted octanol–water partition coefficient (Wildman–Crippen LogP) is 1.91. The quantitative estimate of drug-likeness (QED) is 0.829. The van der Waals surface area contributed by atoms with Crippen LogP contribution in [0.1, 0.15) is 12.0 Å². The van der Waals surface area contributed by atoms with Crippen LogP contribution in [0, 0.1) is 0 Å². The van der Waals surface area contributed by atoms with Crippen molar-refractivity contribution in [3.8, 4) is 0 Å². The maximum atomic E-state index is 11.8. The molecular formula is C14H18N2O2. The Morgan fingerprint density at radius 1 is 1.33 bits per heavy atom. The van der Waals surface area contributed by atoms with Gasteiger partial charge in [0.1, 0.15) is 6.61 Å². The first kappa shape index (κ1) is 12.6. The predicted molar refractivity (Wildman–Crippen MR) is 70.0 cm³/mol. The highest BCUT2D eigenvalue weighted by molar-refractivity contribution is 5.68. The van der Waals surface area contributed by atoms with Gasteiger partial charge >= 0.3 is 6.09 Å². The van der Waals surface area contributed by atoms with E-state index in [1.165, 1.54) is 5.57 Å². The molecule has 2 rings (SSSR count). The Kier molecular flexibility index (Phi) is 4.36. The molecule has 1 aliphatic heterocycles. The maximum absolute atomic E-state index is 11.8. The molecule has 1 aromatic carbocycles. The van der Waals surface area contributed by atoms with Gasteiger partial charge in [-0.15, -0.1) is 0 Å². The topological polar surface area (TPSA) is 55.6 Å². The van der Waals surface area contributed by atoms with Crippen LogP contribution in [0.2, 0.25) is 0 Å². The summed E-state index contributed by atoms with van der Waals surface area (Å²) in [6.45, 7) is 2.19. The summed E-state index contributed by atoms with van der Waals surface area (Å²) in [6.07, 6.45) is 2.59. The van der Waals surface area contributed by atoms with E-state index < -0.39 is 0 Å². The van der Waals surface area contributed by atoms with E-state index in [1.54, 1.807) is 4.90 Å². The van der Waals surface area contributed by atoms with Crippen LogP contribution < -0.4 is 5.73 Å². The third-order valence-corrected chi connectivity index (χ3v) is 3.03. The number of ether oxygens (including phenoxy) is 1. The molecule has 0 bridgehead atoms. The lowest BCUT2D eigenvalue weighted by molar-refractivity contribution is 0.0989. The van der Waals surface area contributed by atoms with Gasteiger partial charge in [-0.25, -0.2) is 4.79 Å². The number of hydrogen-bond donors (Lipinski definition) is 1. The number of carbonyl (C=O) groups excluding carboxylic acids is 1. The van der Waals surface area contributed by atoms with Gasteiger partial charge in [-0.2, -0.15) is 0 Å². The number of nitrogens with two attached hydrogens (primary N) is 1. The second-order valence-electron chi connectivity index (χ2n) is 4.30. The molecule has 1 amide bonds. The summed E-state index contributed by atoms with van der Waals surface area (Å²) in [5.74, 6) is 0. The third kappa shape index (κ3) is 3.34. The van der Waals surface area contributed by atoms with Gasteiger partial charge in [0.25, 0.3) is 0 Å².